The van der Waals surface area contributed by atoms with Crippen LogP contribution in [-0.2, 0) is 35.5 Å². The van der Waals surface area contributed by atoms with Crippen molar-refractivity contribution in [1.82, 2.24) is 20.1 Å². The van der Waals surface area contributed by atoms with Gasteiger partial charge in [-0.2, -0.15) is 0 Å². The molecule has 7 nitrogen and oxygen atoms in total. The standard InChI is InChI=1S/C21H27N5O2/c1-2-15-8-5-6-9-17(15)26-14-16(12-20(26)27)21(28)22-13-19-24-23-18-10-4-3-7-11-25(18)19/h5-6,8-9,16H,2-4,7,10-14H2,1H3,(H,22,28). The summed E-state index contributed by atoms with van der Waals surface area (Å²) in [7, 11) is 0. The molecule has 0 spiro atoms. The molecule has 1 fully saturated rings. The molecule has 1 saturated heterocycles. The summed E-state index contributed by atoms with van der Waals surface area (Å²) < 4.78 is 2.14. The summed E-state index contributed by atoms with van der Waals surface area (Å²) in [5.74, 6) is 1.42. The summed E-state index contributed by atoms with van der Waals surface area (Å²) in [6.45, 7) is 3.78. The molecule has 148 valence electrons. The molecule has 2 aromatic rings. The van der Waals surface area contributed by atoms with Crippen molar-refractivity contribution in [2.24, 2.45) is 5.92 Å². The molecule has 28 heavy (non-hydrogen) atoms. The Balaban J connectivity index is 1.40. The molecule has 1 aromatic heterocycles. The third kappa shape index (κ3) is 3.66. The highest BCUT2D eigenvalue weighted by atomic mass is 16.2. The van der Waals surface area contributed by atoms with Crippen LogP contribution in [0.3, 0.4) is 0 Å². The van der Waals surface area contributed by atoms with E-state index in [2.05, 4.69) is 27.0 Å². The van der Waals surface area contributed by atoms with Gasteiger partial charge in [0.15, 0.2) is 5.82 Å². The van der Waals surface area contributed by atoms with E-state index in [0.717, 1.165) is 55.1 Å². The van der Waals surface area contributed by atoms with Crippen LogP contribution in [0.5, 0.6) is 0 Å². The predicted molar refractivity (Wildman–Crippen MR) is 106 cm³/mol. The Labute approximate surface area is 165 Å². The fourth-order valence-corrected chi connectivity index (χ4v) is 4.18. The number of hydrogen-bond acceptors (Lipinski definition) is 4. The Hall–Kier alpha value is -2.70. The van der Waals surface area contributed by atoms with Gasteiger partial charge in [-0.05, 0) is 30.9 Å². The van der Waals surface area contributed by atoms with Crippen molar-refractivity contribution in [2.75, 3.05) is 11.4 Å². The summed E-state index contributed by atoms with van der Waals surface area (Å²) in [6, 6.07) is 7.91. The van der Waals surface area contributed by atoms with Crippen LogP contribution in [0.2, 0.25) is 0 Å². The lowest BCUT2D eigenvalue weighted by atomic mass is 10.1. The average molecular weight is 381 g/mol. The number of para-hydroxylation sites is 1. The molecule has 0 saturated carbocycles. The number of rotatable bonds is 5. The van der Waals surface area contributed by atoms with E-state index in [0.29, 0.717) is 13.1 Å². The van der Waals surface area contributed by atoms with Gasteiger partial charge in [0.2, 0.25) is 11.8 Å². The normalized spacial score (nSPS) is 19.4. The minimum absolute atomic E-state index is 0.0115. The topological polar surface area (TPSA) is 80.1 Å². The molecule has 1 aromatic carbocycles. The van der Waals surface area contributed by atoms with Crippen LogP contribution < -0.4 is 10.2 Å². The molecule has 0 bridgehead atoms. The van der Waals surface area contributed by atoms with Crippen LogP contribution in [-0.4, -0.2) is 33.1 Å². The van der Waals surface area contributed by atoms with Crippen molar-refractivity contribution in [3.8, 4) is 0 Å². The quantitative estimate of drug-likeness (QED) is 0.861. The number of hydrogen-bond donors (Lipinski definition) is 1. The van der Waals surface area contributed by atoms with Gasteiger partial charge in [-0.15, -0.1) is 10.2 Å². The number of nitrogens with zero attached hydrogens (tertiary/aromatic N) is 4. The Bertz CT molecular complexity index is 875. The largest absolute Gasteiger partial charge is 0.348 e. The van der Waals surface area contributed by atoms with Crippen molar-refractivity contribution >= 4 is 17.5 Å². The zero-order valence-electron chi connectivity index (χ0n) is 16.4. The number of carbonyl (C=O) groups is 2. The van der Waals surface area contributed by atoms with Gasteiger partial charge in [0.05, 0.1) is 12.5 Å². The Morgan fingerprint density at radius 1 is 1.21 bits per heavy atom. The van der Waals surface area contributed by atoms with E-state index in [4.69, 9.17) is 0 Å². The first kappa shape index (κ1) is 18.7. The summed E-state index contributed by atoms with van der Waals surface area (Å²) in [5.41, 5.74) is 2.05. The van der Waals surface area contributed by atoms with Gasteiger partial charge in [0, 0.05) is 31.6 Å². The summed E-state index contributed by atoms with van der Waals surface area (Å²) >= 11 is 0. The van der Waals surface area contributed by atoms with Crippen LogP contribution in [0.25, 0.3) is 0 Å². The van der Waals surface area contributed by atoms with Gasteiger partial charge in [0.1, 0.15) is 5.82 Å². The predicted octanol–water partition coefficient (Wildman–Crippen LogP) is 2.24. The summed E-state index contributed by atoms with van der Waals surface area (Å²) in [6.07, 6.45) is 5.52. The Morgan fingerprint density at radius 2 is 2.07 bits per heavy atom. The summed E-state index contributed by atoms with van der Waals surface area (Å²) in [4.78, 5) is 27.0. The molecular weight excluding hydrogens is 354 g/mol. The molecule has 3 heterocycles. The number of fused-ring (bicyclic) bond motifs is 1. The minimum Gasteiger partial charge on any atom is -0.348 e. The molecule has 7 heteroatoms. The van der Waals surface area contributed by atoms with E-state index in [1.54, 1.807) is 4.90 Å². The van der Waals surface area contributed by atoms with Crippen LogP contribution in [0.15, 0.2) is 24.3 Å². The molecule has 1 unspecified atom stereocenters. The number of benzene rings is 1. The van der Waals surface area contributed by atoms with Crippen LogP contribution >= 0.6 is 0 Å². The minimum atomic E-state index is -0.330. The first-order valence-electron chi connectivity index (χ1n) is 10.2. The molecule has 0 aliphatic carbocycles. The fourth-order valence-electron chi connectivity index (χ4n) is 4.18. The highest BCUT2D eigenvalue weighted by molar-refractivity contribution is 6.00. The van der Waals surface area contributed by atoms with Crippen LogP contribution in [0.1, 0.15) is 49.8 Å². The molecule has 0 radical (unpaired) electrons. The zero-order valence-corrected chi connectivity index (χ0v) is 16.4. The smallest absolute Gasteiger partial charge is 0.227 e. The molecule has 2 amide bonds. The Morgan fingerprint density at radius 3 is 2.93 bits per heavy atom. The van der Waals surface area contributed by atoms with E-state index in [-0.39, 0.29) is 24.2 Å². The lowest BCUT2D eigenvalue weighted by Crippen LogP contribution is -2.33. The van der Waals surface area contributed by atoms with E-state index in [1.165, 1.54) is 6.42 Å². The number of aryl methyl sites for hydroxylation is 2. The van der Waals surface area contributed by atoms with Crippen molar-refractivity contribution in [1.29, 1.82) is 0 Å². The van der Waals surface area contributed by atoms with Crippen LogP contribution in [0, 0.1) is 5.92 Å². The van der Waals surface area contributed by atoms with Crippen molar-refractivity contribution in [2.45, 2.75) is 58.5 Å². The van der Waals surface area contributed by atoms with Gasteiger partial charge < -0.3 is 14.8 Å². The maximum Gasteiger partial charge on any atom is 0.227 e. The third-order valence-electron chi connectivity index (χ3n) is 5.77. The van der Waals surface area contributed by atoms with Gasteiger partial charge in [-0.1, -0.05) is 31.5 Å². The highest BCUT2D eigenvalue weighted by Crippen LogP contribution is 2.28. The van der Waals surface area contributed by atoms with Gasteiger partial charge >= 0.3 is 0 Å². The number of anilines is 1. The zero-order chi connectivity index (χ0) is 19.5. The van der Waals surface area contributed by atoms with E-state index in [9.17, 15) is 9.59 Å². The molecule has 1 atom stereocenters. The van der Waals surface area contributed by atoms with Gasteiger partial charge in [-0.25, -0.2) is 0 Å². The lowest BCUT2D eigenvalue weighted by Gasteiger charge is -2.20. The first-order chi connectivity index (χ1) is 13.7. The van der Waals surface area contributed by atoms with Gasteiger partial charge in [0.25, 0.3) is 0 Å². The first-order valence-corrected chi connectivity index (χ1v) is 10.2. The van der Waals surface area contributed by atoms with Crippen LogP contribution in [0.4, 0.5) is 5.69 Å². The van der Waals surface area contributed by atoms with E-state index < -0.39 is 0 Å². The number of nitrogens with one attached hydrogen (secondary N) is 1. The molecule has 2 aliphatic rings. The Kier molecular flexibility index (Phi) is 5.41. The lowest BCUT2D eigenvalue weighted by molar-refractivity contribution is -0.126. The maximum atomic E-state index is 12.7. The highest BCUT2D eigenvalue weighted by Gasteiger charge is 2.35. The molecule has 1 N–H and O–H groups in total. The SMILES string of the molecule is CCc1ccccc1N1CC(C(=O)NCc2nnc3n2CCCCC3)CC1=O. The average Bonchev–Trinajstić information content (AvgIpc) is 3.21. The third-order valence-corrected chi connectivity index (χ3v) is 5.77. The van der Waals surface area contributed by atoms with Gasteiger partial charge in [-0.3, -0.25) is 9.59 Å². The van der Waals surface area contributed by atoms with E-state index in [1.807, 2.05) is 24.3 Å². The maximum absolute atomic E-state index is 12.7. The molecule has 4 rings (SSSR count). The molecular formula is C21H27N5O2. The fraction of sp³-hybridized carbons (Fsp3) is 0.524. The second-order valence-electron chi connectivity index (χ2n) is 7.60. The monoisotopic (exact) mass is 381 g/mol. The second-order valence-corrected chi connectivity index (χ2v) is 7.60. The summed E-state index contributed by atoms with van der Waals surface area (Å²) in [5, 5.41) is 11.5. The van der Waals surface area contributed by atoms with Crippen molar-refractivity contribution < 1.29 is 9.59 Å². The molecule has 2 aliphatic heterocycles. The van der Waals surface area contributed by atoms with Crippen molar-refractivity contribution in [3.05, 3.63) is 41.5 Å². The second kappa shape index (κ2) is 8.12. The number of carbonyl (C=O) groups excluding carboxylic acids is 2. The number of aromatic nitrogens is 3. The van der Waals surface area contributed by atoms with E-state index >= 15 is 0 Å². The number of amides is 2. The van der Waals surface area contributed by atoms with Crippen molar-refractivity contribution in [3.63, 3.8) is 0 Å².